The van der Waals surface area contributed by atoms with Crippen molar-refractivity contribution in [2.24, 2.45) is 0 Å². The summed E-state index contributed by atoms with van der Waals surface area (Å²) in [4.78, 5) is 20.0. The Hall–Kier alpha value is -3.48. The van der Waals surface area contributed by atoms with Gasteiger partial charge in [-0.2, -0.15) is 0 Å². The molecule has 7 nitrogen and oxygen atoms in total. The second kappa shape index (κ2) is 7.39. The largest absolute Gasteiger partial charge is 0.298 e. The first-order valence-electron chi connectivity index (χ1n) is 7.74. The molecule has 0 saturated heterocycles. The number of nitrogens with zero attached hydrogens (tertiary/aromatic N) is 4. The van der Waals surface area contributed by atoms with E-state index in [9.17, 15) is 4.79 Å². The van der Waals surface area contributed by atoms with Crippen molar-refractivity contribution in [3.8, 4) is 11.4 Å². The Kier molecular flexibility index (Phi) is 4.84. The van der Waals surface area contributed by atoms with E-state index < -0.39 is 0 Å². The molecule has 0 aliphatic rings. The summed E-state index contributed by atoms with van der Waals surface area (Å²) >= 11 is 0. The molecule has 7 heteroatoms. The van der Waals surface area contributed by atoms with Crippen LogP contribution in [0.25, 0.3) is 17.6 Å². The highest BCUT2D eigenvalue weighted by Crippen LogP contribution is 2.18. The Morgan fingerprint density at radius 3 is 2.56 bits per heavy atom. The van der Waals surface area contributed by atoms with Crippen molar-refractivity contribution < 1.29 is 4.79 Å². The minimum absolute atomic E-state index is 0.305. The van der Waals surface area contributed by atoms with Crippen molar-refractivity contribution in [3.05, 3.63) is 66.3 Å². The summed E-state index contributed by atoms with van der Waals surface area (Å²) in [5.41, 5.74) is 9.35. The number of aryl methyl sites for hydroxylation is 2. The zero-order chi connectivity index (χ0) is 17.6. The molecule has 3 rings (SSSR count). The molecule has 0 spiro atoms. The SMILES string of the molecule is Cc1cc(C)cc(-c2ncn(/C=C\C(=O)NNc3ccncc3)n2)c1. The van der Waals surface area contributed by atoms with Crippen LogP contribution in [0, 0.1) is 13.8 Å². The van der Waals surface area contributed by atoms with Gasteiger partial charge >= 0.3 is 0 Å². The summed E-state index contributed by atoms with van der Waals surface area (Å²) in [5.74, 6) is 0.312. The Bertz CT molecular complexity index is 881. The molecular formula is C18H18N6O. The number of hydrogen-bond acceptors (Lipinski definition) is 5. The van der Waals surface area contributed by atoms with Gasteiger partial charge in [-0.25, -0.2) is 9.67 Å². The summed E-state index contributed by atoms with van der Waals surface area (Å²) in [6.45, 7) is 4.07. The van der Waals surface area contributed by atoms with E-state index in [1.165, 1.54) is 10.8 Å². The van der Waals surface area contributed by atoms with Crippen LogP contribution >= 0.6 is 0 Å². The number of carbonyl (C=O) groups excluding carboxylic acids is 1. The van der Waals surface area contributed by atoms with E-state index in [2.05, 4.69) is 32.0 Å². The summed E-state index contributed by atoms with van der Waals surface area (Å²) < 4.78 is 1.50. The number of pyridine rings is 1. The smallest absolute Gasteiger partial charge is 0.263 e. The molecule has 2 aromatic heterocycles. The number of carbonyl (C=O) groups is 1. The van der Waals surface area contributed by atoms with Gasteiger partial charge in [-0.3, -0.25) is 20.6 Å². The van der Waals surface area contributed by atoms with E-state index in [-0.39, 0.29) is 5.91 Å². The van der Waals surface area contributed by atoms with Crippen LogP contribution in [0.5, 0.6) is 0 Å². The van der Waals surface area contributed by atoms with E-state index in [4.69, 9.17) is 0 Å². The number of hydrazine groups is 1. The van der Waals surface area contributed by atoms with Gasteiger partial charge in [0.1, 0.15) is 6.33 Å². The van der Waals surface area contributed by atoms with Crippen molar-refractivity contribution in [2.45, 2.75) is 13.8 Å². The zero-order valence-corrected chi connectivity index (χ0v) is 14.0. The van der Waals surface area contributed by atoms with Crippen LogP contribution in [-0.2, 0) is 4.79 Å². The number of aromatic nitrogens is 4. The lowest BCUT2D eigenvalue weighted by Gasteiger charge is -2.05. The molecule has 2 N–H and O–H groups in total. The van der Waals surface area contributed by atoms with E-state index in [1.54, 1.807) is 37.1 Å². The molecule has 0 unspecified atom stereocenters. The van der Waals surface area contributed by atoms with Crippen LogP contribution in [0.15, 0.2) is 55.1 Å². The molecule has 1 amide bonds. The van der Waals surface area contributed by atoms with Gasteiger partial charge in [-0.1, -0.05) is 17.2 Å². The Morgan fingerprint density at radius 1 is 1.12 bits per heavy atom. The number of hydrogen-bond donors (Lipinski definition) is 2. The molecule has 126 valence electrons. The number of anilines is 1. The zero-order valence-electron chi connectivity index (χ0n) is 14.0. The molecule has 0 radical (unpaired) electrons. The molecule has 0 bridgehead atoms. The second-order valence-electron chi connectivity index (χ2n) is 5.59. The third-order valence-electron chi connectivity index (χ3n) is 3.38. The van der Waals surface area contributed by atoms with Crippen LogP contribution in [-0.4, -0.2) is 25.7 Å². The van der Waals surface area contributed by atoms with Crippen molar-refractivity contribution in [1.29, 1.82) is 0 Å². The molecule has 3 aromatic rings. The summed E-state index contributed by atoms with van der Waals surface area (Å²) in [7, 11) is 0. The lowest BCUT2D eigenvalue weighted by Crippen LogP contribution is -2.27. The molecule has 0 atom stereocenters. The van der Waals surface area contributed by atoms with Crippen LogP contribution in [0.2, 0.25) is 0 Å². The Balaban J connectivity index is 1.62. The van der Waals surface area contributed by atoms with Gasteiger partial charge in [0.05, 0.1) is 5.69 Å². The fraction of sp³-hybridized carbons (Fsp3) is 0.111. The topological polar surface area (TPSA) is 84.7 Å². The first-order valence-corrected chi connectivity index (χ1v) is 7.74. The van der Waals surface area contributed by atoms with Crippen LogP contribution < -0.4 is 10.9 Å². The molecule has 1 aromatic carbocycles. The third-order valence-corrected chi connectivity index (χ3v) is 3.38. The normalized spacial score (nSPS) is 10.8. The molecule has 0 aliphatic heterocycles. The first-order chi connectivity index (χ1) is 12.1. The molecule has 0 fully saturated rings. The Morgan fingerprint density at radius 2 is 1.84 bits per heavy atom. The highest BCUT2D eigenvalue weighted by atomic mass is 16.2. The van der Waals surface area contributed by atoms with Gasteiger partial charge in [0.25, 0.3) is 5.91 Å². The van der Waals surface area contributed by atoms with Crippen molar-refractivity contribution in [2.75, 3.05) is 5.43 Å². The highest BCUT2D eigenvalue weighted by Gasteiger charge is 2.05. The minimum Gasteiger partial charge on any atom is -0.298 e. The molecule has 0 saturated carbocycles. The summed E-state index contributed by atoms with van der Waals surface area (Å²) in [6.07, 6.45) is 7.74. The predicted octanol–water partition coefficient (Wildman–Crippen LogP) is 2.57. The average molecular weight is 334 g/mol. The monoisotopic (exact) mass is 334 g/mol. The third kappa shape index (κ3) is 4.51. The van der Waals surface area contributed by atoms with Crippen molar-refractivity contribution >= 4 is 17.8 Å². The van der Waals surface area contributed by atoms with Gasteiger partial charge in [-0.05, 0) is 38.1 Å². The van der Waals surface area contributed by atoms with Crippen molar-refractivity contribution in [1.82, 2.24) is 25.2 Å². The number of nitrogens with one attached hydrogen (secondary N) is 2. The number of amides is 1. The summed E-state index contributed by atoms with van der Waals surface area (Å²) in [5, 5.41) is 4.36. The van der Waals surface area contributed by atoms with Gasteiger partial charge in [0.2, 0.25) is 0 Å². The molecule has 2 heterocycles. The number of rotatable bonds is 5. The van der Waals surface area contributed by atoms with Gasteiger partial charge in [-0.15, -0.1) is 5.10 Å². The van der Waals surface area contributed by atoms with Gasteiger partial charge < -0.3 is 0 Å². The van der Waals surface area contributed by atoms with Crippen LogP contribution in [0.1, 0.15) is 11.1 Å². The standard InChI is InChI=1S/C18H18N6O/c1-13-9-14(2)11-15(10-13)18-20-12-24(23-18)8-5-17(25)22-21-16-3-6-19-7-4-16/h3-12H,1-2H3,(H,19,21)(H,22,25)/b8-5-. The van der Waals surface area contributed by atoms with E-state index >= 15 is 0 Å². The maximum Gasteiger partial charge on any atom is 0.263 e. The van der Waals surface area contributed by atoms with E-state index in [0.717, 1.165) is 22.4 Å². The van der Waals surface area contributed by atoms with E-state index in [0.29, 0.717) is 5.82 Å². The fourth-order valence-corrected chi connectivity index (χ4v) is 2.34. The van der Waals surface area contributed by atoms with Crippen molar-refractivity contribution in [3.63, 3.8) is 0 Å². The summed E-state index contributed by atoms with van der Waals surface area (Å²) in [6, 6.07) is 9.65. The first kappa shape index (κ1) is 16.4. The van der Waals surface area contributed by atoms with Gasteiger partial charge in [0.15, 0.2) is 5.82 Å². The Labute approximate surface area is 145 Å². The quantitative estimate of drug-likeness (QED) is 0.553. The lowest BCUT2D eigenvalue weighted by molar-refractivity contribution is -0.116. The lowest BCUT2D eigenvalue weighted by atomic mass is 10.1. The second-order valence-corrected chi connectivity index (χ2v) is 5.59. The maximum atomic E-state index is 11.8. The number of benzene rings is 1. The molecular weight excluding hydrogens is 316 g/mol. The van der Waals surface area contributed by atoms with Crippen LogP contribution in [0.4, 0.5) is 5.69 Å². The highest BCUT2D eigenvalue weighted by molar-refractivity contribution is 5.90. The van der Waals surface area contributed by atoms with E-state index in [1.807, 2.05) is 26.0 Å². The minimum atomic E-state index is -0.305. The maximum absolute atomic E-state index is 11.8. The fourth-order valence-electron chi connectivity index (χ4n) is 2.34. The van der Waals surface area contributed by atoms with Crippen LogP contribution in [0.3, 0.4) is 0 Å². The average Bonchev–Trinajstić information content (AvgIpc) is 3.07. The predicted molar refractivity (Wildman–Crippen MR) is 96.3 cm³/mol. The molecule has 0 aliphatic carbocycles. The molecule has 25 heavy (non-hydrogen) atoms. The van der Waals surface area contributed by atoms with Gasteiger partial charge in [0, 0.05) is 30.2 Å².